The van der Waals surface area contributed by atoms with E-state index in [2.05, 4.69) is 27.7 Å². The van der Waals surface area contributed by atoms with Crippen LogP contribution >= 0.6 is 0 Å². The van der Waals surface area contributed by atoms with Gasteiger partial charge in [0.2, 0.25) is 0 Å². The molecule has 0 spiro atoms. The SMILES string of the molecule is CC(C)(C)CO.CC(C)CCCCC(=O)O.CC(C)CCCCC(=O)O. The Labute approximate surface area is 161 Å². The van der Waals surface area contributed by atoms with E-state index in [0.29, 0.717) is 24.7 Å². The predicted octanol–water partition coefficient (Wildman–Crippen LogP) is 5.60. The van der Waals surface area contributed by atoms with Crippen LogP contribution in [0.15, 0.2) is 0 Å². The van der Waals surface area contributed by atoms with E-state index in [1.807, 2.05) is 20.8 Å². The first-order valence-electron chi connectivity index (χ1n) is 9.86. The number of hydrogen-bond donors (Lipinski definition) is 3. The highest BCUT2D eigenvalue weighted by Gasteiger charge is 2.05. The lowest BCUT2D eigenvalue weighted by molar-refractivity contribution is -0.138. The van der Waals surface area contributed by atoms with Crippen molar-refractivity contribution >= 4 is 11.9 Å². The van der Waals surface area contributed by atoms with Crippen LogP contribution in [0.3, 0.4) is 0 Å². The van der Waals surface area contributed by atoms with Crippen LogP contribution in [0, 0.1) is 17.3 Å². The summed E-state index contributed by atoms with van der Waals surface area (Å²) in [4.78, 5) is 20.1. The molecule has 5 heteroatoms. The van der Waals surface area contributed by atoms with Gasteiger partial charge in [0.1, 0.15) is 0 Å². The minimum atomic E-state index is -0.677. The quantitative estimate of drug-likeness (QED) is 0.431. The van der Waals surface area contributed by atoms with E-state index < -0.39 is 11.9 Å². The number of carbonyl (C=O) groups is 2. The van der Waals surface area contributed by atoms with Crippen molar-refractivity contribution in [3.05, 3.63) is 0 Å². The van der Waals surface area contributed by atoms with Crippen molar-refractivity contribution in [1.82, 2.24) is 0 Å². The van der Waals surface area contributed by atoms with E-state index in [1.54, 1.807) is 0 Å². The number of carboxylic acid groups (broad SMARTS) is 2. The summed E-state index contributed by atoms with van der Waals surface area (Å²) in [6.45, 7) is 14.9. The molecule has 158 valence electrons. The summed E-state index contributed by atoms with van der Waals surface area (Å²) in [7, 11) is 0. The Morgan fingerprint density at radius 3 is 1.15 bits per heavy atom. The largest absolute Gasteiger partial charge is 0.481 e. The zero-order valence-corrected chi connectivity index (χ0v) is 18.2. The van der Waals surface area contributed by atoms with E-state index in [9.17, 15) is 9.59 Å². The minimum absolute atomic E-state index is 0.0972. The highest BCUT2D eigenvalue weighted by Crippen LogP contribution is 2.09. The van der Waals surface area contributed by atoms with Gasteiger partial charge < -0.3 is 15.3 Å². The molecule has 0 aromatic carbocycles. The fourth-order valence-corrected chi connectivity index (χ4v) is 1.66. The molecule has 26 heavy (non-hydrogen) atoms. The molecule has 3 N–H and O–H groups in total. The molecule has 0 saturated heterocycles. The van der Waals surface area contributed by atoms with Crippen molar-refractivity contribution in [3.8, 4) is 0 Å². The van der Waals surface area contributed by atoms with Crippen LogP contribution in [0.2, 0.25) is 0 Å². The van der Waals surface area contributed by atoms with Crippen LogP contribution in [0.5, 0.6) is 0 Å². The van der Waals surface area contributed by atoms with Crippen LogP contribution in [0.25, 0.3) is 0 Å². The molecule has 0 radical (unpaired) electrons. The molecule has 0 rings (SSSR count). The molecule has 0 atom stereocenters. The Hall–Kier alpha value is -1.10. The fraction of sp³-hybridized carbons (Fsp3) is 0.905. The lowest BCUT2D eigenvalue weighted by Crippen LogP contribution is -2.09. The molecule has 0 unspecified atom stereocenters. The summed E-state index contributed by atoms with van der Waals surface area (Å²) in [5.41, 5.74) is 0.0972. The molecule has 0 aliphatic carbocycles. The monoisotopic (exact) mass is 376 g/mol. The van der Waals surface area contributed by atoms with Crippen LogP contribution in [0.1, 0.15) is 99.8 Å². The molecular weight excluding hydrogens is 332 g/mol. The maximum absolute atomic E-state index is 10.0. The van der Waals surface area contributed by atoms with Crippen molar-refractivity contribution in [3.63, 3.8) is 0 Å². The molecule has 0 amide bonds. The average molecular weight is 377 g/mol. The molecule has 0 heterocycles. The van der Waals surface area contributed by atoms with Gasteiger partial charge in [-0.2, -0.15) is 0 Å². The second-order valence-electron chi connectivity index (χ2n) is 8.79. The maximum atomic E-state index is 10.0. The molecule has 0 saturated carbocycles. The van der Waals surface area contributed by atoms with Gasteiger partial charge in [0.05, 0.1) is 0 Å². The van der Waals surface area contributed by atoms with E-state index in [-0.39, 0.29) is 12.0 Å². The third-order valence-corrected chi connectivity index (χ3v) is 3.32. The predicted molar refractivity (Wildman–Crippen MR) is 108 cm³/mol. The number of aliphatic carboxylic acids is 2. The normalized spacial score (nSPS) is 10.7. The Morgan fingerprint density at radius 1 is 0.731 bits per heavy atom. The summed E-state index contributed by atoms with van der Waals surface area (Å²) >= 11 is 0. The van der Waals surface area contributed by atoms with Gasteiger partial charge in [-0.3, -0.25) is 9.59 Å². The van der Waals surface area contributed by atoms with Gasteiger partial charge in [0.15, 0.2) is 0 Å². The van der Waals surface area contributed by atoms with Crippen LogP contribution in [-0.4, -0.2) is 33.9 Å². The lowest BCUT2D eigenvalue weighted by Gasteiger charge is -2.11. The van der Waals surface area contributed by atoms with Gasteiger partial charge in [-0.05, 0) is 30.1 Å². The summed E-state index contributed by atoms with van der Waals surface area (Å²) in [5.74, 6) is 0.0510. The van der Waals surface area contributed by atoms with Gasteiger partial charge in [-0.1, -0.05) is 74.1 Å². The first kappa shape index (κ1) is 29.7. The van der Waals surface area contributed by atoms with E-state index in [0.717, 1.165) is 38.5 Å². The summed E-state index contributed by atoms with van der Waals surface area (Å²) in [6.07, 6.45) is 6.69. The van der Waals surface area contributed by atoms with Gasteiger partial charge in [-0.15, -0.1) is 0 Å². The van der Waals surface area contributed by atoms with Crippen molar-refractivity contribution in [1.29, 1.82) is 0 Å². The Bertz CT molecular complexity index is 304. The maximum Gasteiger partial charge on any atom is 0.303 e. The van der Waals surface area contributed by atoms with Gasteiger partial charge in [0, 0.05) is 19.4 Å². The Balaban J connectivity index is -0.000000316. The average Bonchev–Trinajstić information content (AvgIpc) is 2.48. The highest BCUT2D eigenvalue weighted by molar-refractivity contribution is 5.66. The first-order valence-corrected chi connectivity index (χ1v) is 9.86. The van der Waals surface area contributed by atoms with Crippen LogP contribution in [0.4, 0.5) is 0 Å². The molecule has 0 aromatic heterocycles. The van der Waals surface area contributed by atoms with E-state index in [1.165, 1.54) is 0 Å². The minimum Gasteiger partial charge on any atom is -0.481 e. The van der Waals surface area contributed by atoms with Crippen LogP contribution in [-0.2, 0) is 9.59 Å². The van der Waals surface area contributed by atoms with E-state index >= 15 is 0 Å². The summed E-state index contributed by atoms with van der Waals surface area (Å²) < 4.78 is 0. The lowest BCUT2D eigenvalue weighted by atomic mass is 9.99. The number of carboxylic acids is 2. The van der Waals surface area contributed by atoms with Gasteiger partial charge >= 0.3 is 11.9 Å². The van der Waals surface area contributed by atoms with Crippen molar-refractivity contribution < 1.29 is 24.9 Å². The van der Waals surface area contributed by atoms with Crippen molar-refractivity contribution in [2.24, 2.45) is 17.3 Å². The number of hydrogen-bond acceptors (Lipinski definition) is 3. The first-order chi connectivity index (χ1) is 11.8. The molecule has 5 nitrogen and oxygen atoms in total. The molecule has 0 aromatic rings. The highest BCUT2D eigenvalue weighted by atomic mass is 16.4. The van der Waals surface area contributed by atoms with Gasteiger partial charge in [-0.25, -0.2) is 0 Å². The smallest absolute Gasteiger partial charge is 0.303 e. The Morgan fingerprint density at radius 2 is 1.00 bits per heavy atom. The second-order valence-corrected chi connectivity index (χ2v) is 8.79. The fourth-order valence-electron chi connectivity index (χ4n) is 1.66. The van der Waals surface area contributed by atoms with Crippen LogP contribution < -0.4 is 0 Å². The van der Waals surface area contributed by atoms with Crippen molar-refractivity contribution in [2.45, 2.75) is 99.8 Å². The molecule has 0 aliphatic rings. The Kier molecular flexibility index (Phi) is 21.3. The number of unbranched alkanes of at least 4 members (excludes halogenated alkanes) is 2. The second kappa shape index (κ2) is 18.7. The zero-order chi connectivity index (χ0) is 21.2. The molecular formula is C21H44O5. The standard InChI is InChI=1S/2C8H16O2.C5H12O/c2*1-7(2)5-3-4-6-8(9)10;1-5(2,3)4-6/h2*7H,3-6H2,1-2H3,(H,9,10);6H,4H2,1-3H3. The number of rotatable bonds is 10. The molecule has 0 aliphatic heterocycles. The number of aliphatic hydroxyl groups excluding tert-OH is 1. The number of aliphatic hydroxyl groups is 1. The van der Waals surface area contributed by atoms with Gasteiger partial charge in [0.25, 0.3) is 0 Å². The van der Waals surface area contributed by atoms with Crippen molar-refractivity contribution in [2.75, 3.05) is 6.61 Å². The third-order valence-electron chi connectivity index (χ3n) is 3.32. The summed E-state index contributed by atoms with van der Waals surface area (Å²) in [5, 5.41) is 25.0. The third kappa shape index (κ3) is 43.4. The molecule has 0 fully saturated rings. The zero-order valence-electron chi connectivity index (χ0n) is 18.2. The summed E-state index contributed by atoms with van der Waals surface area (Å²) in [6, 6.07) is 0. The molecule has 0 bridgehead atoms. The topological polar surface area (TPSA) is 94.8 Å². The van der Waals surface area contributed by atoms with E-state index in [4.69, 9.17) is 15.3 Å².